The minimum atomic E-state index is 0.325. The van der Waals surface area contributed by atoms with Gasteiger partial charge in [-0.05, 0) is 19.3 Å². The summed E-state index contributed by atoms with van der Waals surface area (Å²) < 4.78 is 0. The molecule has 0 unspecified atom stereocenters. The van der Waals surface area contributed by atoms with E-state index in [-0.39, 0.29) is 0 Å². The first-order valence-electron chi connectivity index (χ1n) is 7.78. The van der Waals surface area contributed by atoms with Crippen molar-refractivity contribution >= 4 is 5.91 Å². The van der Waals surface area contributed by atoms with Crippen LogP contribution in [0.1, 0.15) is 45.4 Å². The Bertz CT molecular complexity index is 349. The molecule has 0 spiro atoms. The summed E-state index contributed by atoms with van der Waals surface area (Å²) in [5.41, 5.74) is 0. The van der Waals surface area contributed by atoms with Gasteiger partial charge in [0.05, 0.1) is 6.54 Å². The van der Waals surface area contributed by atoms with Crippen LogP contribution in [0, 0.1) is 17.8 Å². The third-order valence-corrected chi connectivity index (χ3v) is 4.21. The van der Waals surface area contributed by atoms with E-state index in [0.717, 1.165) is 58.4 Å². The number of rotatable bonds is 2. The molecule has 0 aromatic carbocycles. The van der Waals surface area contributed by atoms with E-state index in [1.54, 1.807) is 0 Å². The fourth-order valence-corrected chi connectivity index (χ4v) is 3.07. The summed E-state index contributed by atoms with van der Waals surface area (Å²) in [5.74, 6) is 7.07. The van der Waals surface area contributed by atoms with Gasteiger partial charge in [0, 0.05) is 38.5 Å². The zero-order valence-electron chi connectivity index (χ0n) is 12.2. The first-order valence-corrected chi connectivity index (χ1v) is 7.78. The van der Waals surface area contributed by atoms with Crippen LogP contribution in [0.4, 0.5) is 0 Å². The molecule has 2 fully saturated rings. The largest absolute Gasteiger partial charge is 0.341 e. The van der Waals surface area contributed by atoms with E-state index >= 15 is 0 Å². The molecule has 3 nitrogen and oxygen atoms in total. The van der Waals surface area contributed by atoms with Crippen molar-refractivity contribution in [1.29, 1.82) is 0 Å². The van der Waals surface area contributed by atoms with Crippen molar-refractivity contribution < 1.29 is 4.79 Å². The highest BCUT2D eigenvalue weighted by Crippen LogP contribution is 2.26. The van der Waals surface area contributed by atoms with Gasteiger partial charge in [-0.2, -0.15) is 0 Å². The molecular formula is C16H26N2O. The number of hydrogen-bond donors (Lipinski definition) is 0. The lowest BCUT2D eigenvalue weighted by Gasteiger charge is -2.24. The molecule has 1 aliphatic heterocycles. The van der Waals surface area contributed by atoms with E-state index in [1.807, 2.05) is 0 Å². The zero-order valence-corrected chi connectivity index (χ0v) is 12.2. The zero-order chi connectivity index (χ0) is 13.5. The molecule has 106 valence electrons. The Hall–Kier alpha value is -1.01. The van der Waals surface area contributed by atoms with Crippen molar-refractivity contribution in [2.45, 2.75) is 45.4 Å². The number of amides is 1. The first-order chi connectivity index (χ1) is 9.31. The lowest BCUT2D eigenvalue weighted by atomic mass is 10.1. The van der Waals surface area contributed by atoms with Crippen molar-refractivity contribution in [1.82, 2.24) is 9.80 Å². The highest BCUT2D eigenvalue weighted by atomic mass is 16.2. The van der Waals surface area contributed by atoms with Crippen LogP contribution in [0.5, 0.6) is 0 Å². The molecular weight excluding hydrogens is 236 g/mol. The molecule has 3 heteroatoms. The SMILES string of the molecule is CCC#CCN1CCCN(C(=O)C2CCCC2)CC1. The summed E-state index contributed by atoms with van der Waals surface area (Å²) in [7, 11) is 0. The summed E-state index contributed by atoms with van der Waals surface area (Å²) in [5, 5.41) is 0. The highest BCUT2D eigenvalue weighted by Gasteiger charge is 2.28. The number of carbonyl (C=O) groups is 1. The van der Waals surface area contributed by atoms with Gasteiger partial charge in [-0.3, -0.25) is 9.69 Å². The molecule has 2 rings (SSSR count). The summed E-state index contributed by atoms with van der Waals surface area (Å²) in [6, 6.07) is 0. The smallest absolute Gasteiger partial charge is 0.225 e. The minimum Gasteiger partial charge on any atom is -0.341 e. The van der Waals surface area contributed by atoms with E-state index in [2.05, 4.69) is 28.6 Å². The van der Waals surface area contributed by atoms with Gasteiger partial charge in [-0.1, -0.05) is 25.7 Å². The second-order valence-corrected chi connectivity index (χ2v) is 5.64. The van der Waals surface area contributed by atoms with Crippen LogP contribution in [0.25, 0.3) is 0 Å². The Labute approximate surface area is 117 Å². The Morgan fingerprint density at radius 3 is 2.58 bits per heavy atom. The molecule has 19 heavy (non-hydrogen) atoms. The molecule has 1 aliphatic carbocycles. The van der Waals surface area contributed by atoms with Gasteiger partial charge in [0.2, 0.25) is 5.91 Å². The molecule has 1 saturated heterocycles. The van der Waals surface area contributed by atoms with Crippen molar-refractivity contribution in [3.63, 3.8) is 0 Å². The first kappa shape index (κ1) is 14.4. The average Bonchev–Trinajstić information content (AvgIpc) is 2.85. The van der Waals surface area contributed by atoms with Crippen LogP contribution in [-0.2, 0) is 4.79 Å². The molecule has 0 aromatic rings. The second-order valence-electron chi connectivity index (χ2n) is 5.64. The van der Waals surface area contributed by atoms with Crippen molar-refractivity contribution in [3.8, 4) is 11.8 Å². The topological polar surface area (TPSA) is 23.6 Å². The van der Waals surface area contributed by atoms with E-state index in [1.165, 1.54) is 12.8 Å². The maximum absolute atomic E-state index is 12.4. The maximum atomic E-state index is 12.4. The van der Waals surface area contributed by atoms with Gasteiger partial charge >= 0.3 is 0 Å². The van der Waals surface area contributed by atoms with Gasteiger partial charge in [0.1, 0.15) is 0 Å². The number of hydrogen-bond acceptors (Lipinski definition) is 2. The quantitative estimate of drug-likeness (QED) is 0.712. The van der Waals surface area contributed by atoms with Crippen LogP contribution in [0.3, 0.4) is 0 Å². The van der Waals surface area contributed by atoms with Crippen LogP contribution in [-0.4, -0.2) is 48.4 Å². The van der Waals surface area contributed by atoms with Gasteiger partial charge in [-0.25, -0.2) is 0 Å². The average molecular weight is 262 g/mol. The van der Waals surface area contributed by atoms with Crippen LogP contribution in [0.15, 0.2) is 0 Å². The van der Waals surface area contributed by atoms with Gasteiger partial charge < -0.3 is 4.90 Å². The predicted molar refractivity (Wildman–Crippen MR) is 77.7 cm³/mol. The summed E-state index contributed by atoms with van der Waals surface area (Å²) in [6.07, 6.45) is 6.72. The molecule has 0 aromatic heterocycles. The van der Waals surface area contributed by atoms with Crippen LogP contribution < -0.4 is 0 Å². The fourth-order valence-electron chi connectivity index (χ4n) is 3.07. The van der Waals surface area contributed by atoms with Crippen molar-refractivity contribution in [2.24, 2.45) is 5.92 Å². The molecule has 0 atom stereocenters. The lowest BCUT2D eigenvalue weighted by molar-refractivity contribution is -0.135. The standard InChI is InChI=1S/C16H26N2O/c1-2-3-6-10-17-11-7-12-18(14-13-17)16(19)15-8-4-5-9-15/h15H,2,4-5,7-14H2,1H3. The van der Waals surface area contributed by atoms with E-state index in [0.29, 0.717) is 11.8 Å². The molecule has 1 heterocycles. The van der Waals surface area contributed by atoms with Crippen molar-refractivity contribution in [3.05, 3.63) is 0 Å². The Balaban J connectivity index is 1.80. The number of carbonyl (C=O) groups excluding carboxylic acids is 1. The Morgan fingerprint density at radius 1 is 1.05 bits per heavy atom. The Kier molecular flexibility index (Phi) is 5.72. The Morgan fingerprint density at radius 2 is 1.84 bits per heavy atom. The predicted octanol–water partition coefficient (Wildman–Crippen LogP) is 2.12. The summed E-state index contributed by atoms with van der Waals surface area (Å²) >= 11 is 0. The normalized spacial score (nSPS) is 21.8. The third-order valence-electron chi connectivity index (χ3n) is 4.21. The van der Waals surface area contributed by atoms with Gasteiger partial charge in [0.15, 0.2) is 0 Å². The molecule has 0 N–H and O–H groups in total. The summed E-state index contributed by atoms with van der Waals surface area (Å²) in [4.78, 5) is 16.9. The minimum absolute atomic E-state index is 0.325. The molecule has 0 radical (unpaired) electrons. The second kappa shape index (κ2) is 7.55. The molecule has 1 saturated carbocycles. The third kappa shape index (κ3) is 4.24. The molecule has 0 bridgehead atoms. The summed E-state index contributed by atoms with van der Waals surface area (Å²) in [6.45, 7) is 6.83. The monoisotopic (exact) mass is 262 g/mol. The maximum Gasteiger partial charge on any atom is 0.225 e. The van der Waals surface area contributed by atoms with Gasteiger partial charge in [-0.15, -0.1) is 5.92 Å². The van der Waals surface area contributed by atoms with E-state index in [9.17, 15) is 4.79 Å². The lowest BCUT2D eigenvalue weighted by Crippen LogP contribution is -2.38. The van der Waals surface area contributed by atoms with Crippen molar-refractivity contribution in [2.75, 3.05) is 32.7 Å². The van der Waals surface area contributed by atoms with E-state index in [4.69, 9.17) is 0 Å². The van der Waals surface area contributed by atoms with E-state index < -0.39 is 0 Å². The fraction of sp³-hybridized carbons (Fsp3) is 0.812. The molecule has 2 aliphatic rings. The van der Waals surface area contributed by atoms with Crippen LogP contribution in [0.2, 0.25) is 0 Å². The highest BCUT2D eigenvalue weighted by molar-refractivity contribution is 5.79. The molecule has 1 amide bonds. The number of nitrogens with zero attached hydrogens (tertiary/aromatic N) is 2. The van der Waals surface area contributed by atoms with Gasteiger partial charge in [0.25, 0.3) is 0 Å². The van der Waals surface area contributed by atoms with Crippen LogP contribution >= 0.6 is 0 Å².